The van der Waals surface area contributed by atoms with Crippen LogP contribution in [0.25, 0.3) is 0 Å². The quantitative estimate of drug-likeness (QED) is 0.384. The molecule has 0 atom stereocenters. The number of nitrogens with zero attached hydrogens (tertiary/aromatic N) is 2. The Balaban J connectivity index is 0.000000688. The SMILES string of the molecule is C.C.C[14CH](C)c1ccc(B2OC(C)(C)C(C)(C)O2)cn1.C[14CH](C)c1ccc(B2OC(C)(C)C(C)(C)O2)cn1.Cl. The maximum absolute atomic E-state index is 5.99. The molecule has 220 valence electrons. The molecule has 0 unspecified atom stereocenters. The van der Waals surface area contributed by atoms with Crippen molar-refractivity contribution < 1.29 is 18.6 Å². The van der Waals surface area contributed by atoms with Crippen molar-refractivity contribution in [3.05, 3.63) is 48.0 Å². The molecule has 0 aromatic carbocycles. The normalized spacial score (nSPS) is 19.9. The van der Waals surface area contributed by atoms with E-state index in [1.165, 1.54) is 0 Å². The summed E-state index contributed by atoms with van der Waals surface area (Å²) >= 11 is 0. The van der Waals surface area contributed by atoms with E-state index < -0.39 is 0 Å². The van der Waals surface area contributed by atoms with E-state index in [0.29, 0.717) is 11.8 Å². The van der Waals surface area contributed by atoms with Crippen LogP contribution in [0.5, 0.6) is 0 Å². The van der Waals surface area contributed by atoms with Gasteiger partial charge in [-0.2, -0.15) is 0 Å². The summed E-state index contributed by atoms with van der Waals surface area (Å²) in [5.41, 5.74) is 2.97. The lowest BCUT2D eigenvalue weighted by Gasteiger charge is -2.32. The molecule has 0 radical (unpaired) electrons. The maximum atomic E-state index is 5.99. The largest absolute Gasteiger partial charge is 0.496 e. The Morgan fingerprint density at radius 1 is 0.538 bits per heavy atom. The van der Waals surface area contributed by atoms with Crippen LogP contribution in [0, 0.1) is 0 Å². The van der Waals surface area contributed by atoms with Crippen molar-refractivity contribution in [1.82, 2.24) is 9.97 Å². The highest BCUT2D eigenvalue weighted by Crippen LogP contribution is 2.37. The van der Waals surface area contributed by atoms with Crippen LogP contribution >= 0.6 is 12.4 Å². The van der Waals surface area contributed by atoms with E-state index in [0.717, 1.165) is 22.3 Å². The molecular weight excluding hydrogens is 513 g/mol. The molecule has 2 saturated heterocycles. The van der Waals surface area contributed by atoms with Crippen LogP contribution in [0.3, 0.4) is 0 Å². The molecule has 2 aliphatic rings. The number of aromatic nitrogens is 2. The van der Waals surface area contributed by atoms with Gasteiger partial charge in [-0.3, -0.25) is 9.97 Å². The Morgan fingerprint density at radius 3 is 0.974 bits per heavy atom. The molecule has 2 fully saturated rings. The van der Waals surface area contributed by atoms with Gasteiger partial charge in [0.1, 0.15) is 0 Å². The van der Waals surface area contributed by atoms with Crippen molar-refractivity contribution in [2.45, 2.75) is 132 Å². The minimum atomic E-state index is -0.316. The third-order valence-corrected chi connectivity index (χ3v) is 7.85. The Labute approximate surface area is 246 Å². The molecular formula is C30H53B2ClN2O4. The summed E-state index contributed by atoms with van der Waals surface area (Å²) < 4.78 is 24.0. The minimum absolute atomic E-state index is 0. The van der Waals surface area contributed by atoms with E-state index in [2.05, 4.69) is 93.1 Å². The second-order valence-electron chi connectivity index (χ2n) is 12.5. The fourth-order valence-electron chi connectivity index (χ4n) is 3.75. The third-order valence-electron chi connectivity index (χ3n) is 7.85. The van der Waals surface area contributed by atoms with Gasteiger partial charge in [0.25, 0.3) is 0 Å². The first-order valence-corrected chi connectivity index (χ1v) is 13.1. The summed E-state index contributed by atoms with van der Waals surface area (Å²) in [6.07, 6.45) is 3.72. The van der Waals surface area contributed by atoms with Crippen LogP contribution < -0.4 is 10.9 Å². The summed E-state index contributed by atoms with van der Waals surface area (Å²) in [5.74, 6) is 0.884. The number of hydrogen-bond donors (Lipinski definition) is 0. The Kier molecular flexibility index (Phi) is 13.0. The number of hydrogen-bond acceptors (Lipinski definition) is 6. The van der Waals surface area contributed by atoms with E-state index >= 15 is 0 Å². The lowest BCUT2D eigenvalue weighted by atomic mass is 9.80. The average Bonchev–Trinajstić information content (AvgIpc) is 3.14. The Morgan fingerprint density at radius 2 is 0.795 bits per heavy atom. The smallest absolute Gasteiger partial charge is 0.399 e. The van der Waals surface area contributed by atoms with Gasteiger partial charge in [-0.15, -0.1) is 12.4 Å². The molecule has 0 saturated carbocycles. The van der Waals surface area contributed by atoms with E-state index in [1.54, 1.807) is 0 Å². The Bertz CT molecular complexity index is 911. The van der Waals surface area contributed by atoms with Crippen molar-refractivity contribution in [1.29, 1.82) is 0 Å². The van der Waals surface area contributed by atoms with Crippen LogP contribution in [0.2, 0.25) is 0 Å². The molecule has 39 heavy (non-hydrogen) atoms. The predicted molar refractivity (Wildman–Crippen MR) is 169 cm³/mol. The van der Waals surface area contributed by atoms with Crippen molar-refractivity contribution >= 4 is 37.6 Å². The van der Waals surface area contributed by atoms with Crippen LogP contribution in [0.1, 0.15) is 121 Å². The maximum Gasteiger partial charge on any atom is 0.496 e. The van der Waals surface area contributed by atoms with E-state index in [4.69, 9.17) is 18.6 Å². The van der Waals surface area contributed by atoms with Gasteiger partial charge in [0.2, 0.25) is 0 Å². The van der Waals surface area contributed by atoms with Crippen LogP contribution in [-0.2, 0) is 18.6 Å². The van der Waals surface area contributed by atoms with Gasteiger partial charge in [0.15, 0.2) is 0 Å². The lowest BCUT2D eigenvalue weighted by molar-refractivity contribution is 0.00578. The molecule has 0 bridgehead atoms. The molecule has 2 aromatic heterocycles. The summed E-state index contributed by atoms with van der Waals surface area (Å²) in [6, 6.07) is 8.19. The van der Waals surface area contributed by atoms with Crippen LogP contribution in [0.4, 0.5) is 0 Å². The van der Waals surface area contributed by atoms with Gasteiger partial charge in [0.05, 0.1) is 22.4 Å². The molecule has 2 aliphatic heterocycles. The fraction of sp³-hybridized carbons (Fsp3) is 0.667. The third kappa shape index (κ3) is 8.29. The zero-order valence-electron chi connectivity index (χ0n) is 24.7. The first kappa shape index (κ1) is 37.6. The molecule has 0 amide bonds. The number of halogens is 1. The van der Waals surface area contributed by atoms with Gasteiger partial charge in [-0.1, -0.05) is 54.7 Å². The van der Waals surface area contributed by atoms with Gasteiger partial charge >= 0.3 is 14.2 Å². The molecule has 0 spiro atoms. The van der Waals surface area contributed by atoms with Crippen molar-refractivity contribution in [3.8, 4) is 0 Å². The first-order valence-electron chi connectivity index (χ1n) is 13.1. The minimum Gasteiger partial charge on any atom is -0.399 e. The molecule has 4 heterocycles. The lowest BCUT2D eigenvalue weighted by Crippen LogP contribution is -2.41. The van der Waals surface area contributed by atoms with Gasteiger partial charge in [-0.05, 0) is 79.4 Å². The first-order chi connectivity index (χ1) is 16.5. The summed E-state index contributed by atoms with van der Waals surface area (Å²) in [7, 11) is -0.632. The highest BCUT2D eigenvalue weighted by molar-refractivity contribution is 6.62. The monoisotopic (exact) mass is 566 g/mol. The van der Waals surface area contributed by atoms with Crippen LogP contribution in [0.15, 0.2) is 36.7 Å². The van der Waals surface area contributed by atoms with Gasteiger partial charge in [0, 0.05) is 34.7 Å². The van der Waals surface area contributed by atoms with Gasteiger partial charge < -0.3 is 18.6 Å². The highest BCUT2D eigenvalue weighted by atomic mass is 35.5. The molecule has 0 aliphatic carbocycles. The van der Waals surface area contributed by atoms with Crippen molar-refractivity contribution in [3.63, 3.8) is 0 Å². The van der Waals surface area contributed by atoms with Crippen molar-refractivity contribution in [2.75, 3.05) is 0 Å². The van der Waals surface area contributed by atoms with E-state index in [9.17, 15) is 0 Å². The number of rotatable bonds is 4. The van der Waals surface area contributed by atoms with E-state index in [-0.39, 0.29) is 63.9 Å². The van der Waals surface area contributed by atoms with Crippen LogP contribution in [-0.4, -0.2) is 46.6 Å². The molecule has 9 heteroatoms. The summed E-state index contributed by atoms with van der Waals surface area (Å²) in [5, 5.41) is 0. The zero-order chi connectivity index (χ0) is 27.1. The van der Waals surface area contributed by atoms with E-state index in [1.807, 2.05) is 36.7 Å². The topological polar surface area (TPSA) is 62.7 Å². The molecule has 0 N–H and O–H groups in total. The summed E-state index contributed by atoms with van der Waals surface area (Å²) in [6.45, 7) is 25.0. The standard InChI is InChI=1S/2C14H22BNO2.2CH4.ClH/c2*1-10(2)12-8-7-11(9-16-12)15-17-13(3,4)14(5,6)18-15;;;/h2*7-10H,1-6H3;2*1H4;1H/i2*10+2;;;. The molecule has 6 nitrogen and oxygen atoms in total. The molecule has 2 aromatic rings. The average molecular weight is 567 g/mol. The second-order valence-corrected chi connectivity index (χ2v) is 12.5. The second kappa shape index (κ2) is 13.5. The fourth-order valence-corrected chi connectivity index (χ4v) is 3.75. The predicted octanol–water partition coefficient (Wildman–Crippen LogP) is 6.70. The Hall–Kier alpha value is -1.44. The summed E-state index contributed by atoms with van der Waals surface area (Å²) in [4.78, 5) is 8.92. The van der Waals surface area contributed by atoms with Crippen molar-refractivity contribution in [2.24, 2.45) is 0 Å². The molecule has 4 rings (SSSR count). The highest BCUT2D eigenvalue weighted by Gasteiger charge is 2.52. The number of pyridine rings is 2. The van der Waals surface area contributed by atoms with Gasteiger partial charge in [-0.25, -0.2) is 0 Å². The zero-order valence-corrected chi connectivity index (χ0v) is 25.5.